The first kappa shape index (κ1) is 29.6. The summed E-state index contributed by atoms with van der Waals surface area (Å²) in [6.45, 7) is 2.95. The highest BCUT2D eigenvalue weighted by Crippen LogP contribution is 2.28. The average molecular weight is 533 g/mol. The van der Waals surface area contributed by atoms with Gasteiger partial charge in [-0.05, 0) is 53.8 Å². The fourth-order valence-electron chi connectivity index (χ4n) is 4.46. The van der Waals surface area contributed by atoms with Crippen molar-refractivity contribution >= 4 is 11.8 Å². The minimum absolute atomic E-state index is 0.0980. The van der Waals surface area contributed by atoms with E-state index < -0.39 is 6.04 Å². The molecule has 3 aromatic rings. The Morgan fingerprint density at radius 2 is 1.56 bits per heavy atom. The van der Waals surface area contributed by atoms with Crippen molar-refractivity contribution in [2.45, 2.75) is 51.6 Å². The second-order valence-electron chi connectivity index (χ2n) is 9.41. The zero-order valence-electron chi connectivity index (χ0n) is 23.4. The molecule has 3 aromatic carbocycles. The van der Waals surface area contributed by atoms with Crippen LogP contribution in [-0.4, -0.2) is 50.6 Å². The molecular formula is C32H40N2O5. The number of unbranched alkanes of at least 4 members (excludes halogenated alkanes) is 1. The Labute approximate surface area is 232 Å². The fraction of sp³-hybridized carbons (Fsp3) is 0.375. The van der Waals surface area contributed by atoms with E-state index >= 15 is 0 Å². The lowest BCUT2D eigenvalue weighted by Crippen LogP contribution is -2.50. The minimum atomic E-state index is -0.659. The zero-order valence-corrected chi connectivity index (χ0v) is 23.4. The SMILES string of the molecule is CCCCNC(=O)C(Cc1ccccc1)N(Cc1cccc(OC)c1)C(=O)CCc1ccc(OC)c(OC)c1. The second-order valence-corrected chi connectivity index (χ2v) is 9.41. The average Bonchev–Trinajstić information content (AvgIpc) is 2.98. The Kier molecular flexibility index (Phi) is 11.7. The minimum Gasteiger partial charge on any atom is -0.497 e. The standard InChI is InChI=1S/C32H40N2O5/c1-5-6-19-33-32(36)28(21-24-11-8-7-9-12-24)34(23-26-13-10-14-27(20-26)37-2)31(35)18-16-25-15-17-29(38-3)30(22-25)39-4/h7-15,17,20,22,28H,5-6,16,18-19,21,23H2,1-4H3,(H,33,36). The van der Waals surface area contributed by atoms with Gasteiger partial charge >= 0.3 is 0 Å². The molecule has 0 spiro atoms. The number of carbonyl (C=O) groups excluding carboxylic acids is 2. The lowest BCUT2D eigenvalue weighted by atomic mass is 10.0. The van der Waals surface area contributed by atoms with Crippen molar-refractivity contribution in [1.82, 2.24) is 10.2 Å². The number of ether oxygens (including phenoxy) is 3. The van der Waals surface area contributed by atoms with Crippen LogP contribution in [0.4, 0.5) is 0 Å². The quantitative estimate of drug-likeness (QED) is 0.272. The maximum Gasteiger partial charge on any atom is 0.243 e. The van der Waals surface area contributed by atoms with Gasteiger partial charge in [-0.1, -0.05) is 61.9 Å². The van der Waals surface area contributed by atoms with Crippen molar-refractivity contribution in [3.63, 3.8) is 0 Å². The predicted molar refractivity (Wildman–Crippen MR) is 153 cm³/mol. The summed E-state index contributed by atoms with van der Waals surface area (Å²) >= 11 is 0. The summed E-state index contributed by atoms with van der Waals surface area (Å²) in [7, 11) is 4.80. The lowest BCUT2D eigenvalue weighted by molar-refractivity contribution is -0.141. The number of nitrogens with one attached hydrogen (secondary N) is 1. The molecule has 1 N–H and O–H groups in total. The highest BCUT2D eigenvalue weighted by Gasteiger charge is 2.30. The molecule has 0 saturated heterocycles. The molecule has 3 rings (SSSR count). The van der Waals surface area contributed by atoms with Gasteiger partial charge in [0.1, 0.15) is 11.8 Å². The van der Waals surface area contributed by atoms with Crippen LogP contribution in [0.1, 0.15) is 42.9 Å². The zero-order chi connectivity index (χ0) is 28.0. The monoisotopic (exact) mass is 532 g/mol. The third kappa shape index (κ3) is 8.77. The smallest absolute Gasteiger partial charge is 0.243 e. The van der Waals surface area contributed by atoms with Crippen LogP contribution >= 0.6 is 0 Å². The number of methoxy groups -OCH3 is 3. The van der Waals surface area contributed by atoms with Gasteiger partial charge in [-0.15, -0.1) is 0 Å². The van der Waals surface area contributed by atoms with E-state index in [1.54, 1.807) is 26.2 Å². The molecule has 7 heteroatoms. The number of rotatable bonds is 15. The van der Waals surface area contributed by atoms with Gasteiger partial charge in [0, 0.05) is 25.9 Å². The Balaban J connectivity index is 1.90. The van der Waals surface area contributed by atoms with Gasteiger partial charge in [-0.25, -0.2) is 0 Å². The molecule has 0 aliphatic heterocycles. The molecule has 0 heterocycles. The summed E-state index contributed by atoms with van der Waals surface area (Å²) in [5.41, 5.74) is 2.85. The van der Waals surface area contributed by atoms with Crippen molar-refractivity contribution < 1.29 is 23.8 Å². The molecule has 7 nitrogen and oxygen atoms in total. The molecule has 208 valence electrons. The predicted octanol–water partition coefficient (Wildman–Crippen LogP) is 5.20. The summed E-state index contributed by atoms with van der Waals surface area (Å²) in [5.74, 6) is 1.72. The van der Waals surface area contributed by atoms with Crippen molar-refractivity contribution in [1.29, 1.82) is 0 Å². The van der Waals surface area contributed by atoms with E-state index in [2.05, 4.69) is 12.2 Å². The van der Waals surface area contributed by atoms with Crippen LogP contribution in [0.2, 0.25) is 0 Å². The van der Waals surface area contributed by atoms with Crippen LogP contribution in [0.15, 0.2) is 72.8 Å². The van der Waals surface area contributed by atoms with E-state index in [1.807, 2.05) is 72.8 Å². The van der Waals surface area contributed by atoms with Crippen LogP contribution < -0.4 is 19.5 Å². The van der Waals surface area contributed by atoms with Crippen molar-refractivity contribution in [2.24, 2.45) is 0 Å². The molecule has 0 aliphatic rings. The Morgan fingerprint density at radius 3 is 2.26 bits per heavy atom. The second kappa shape index (κ2) is 15.4. The van der Waals surface area contributed by atoms with Crippen molar-refractivity contribution in [3.8, 4) is 17.2 Å². The topological polar surface area (TPSA) is 77.1 Å². The molecule has 0 bridgehead atoms. The Bertz CT molecular complexity index is 1200. The Morgan fingerprint density at radius 1 is 0.821 bits per heavy atom. The first-order valence-electron chi connectivity index (χ1n) is 13.4. The van der Waals surface area contributed by atoms with E-state index in [9.17, 15) is 9.59 Å². The molecule has 0 aromatic heterocycles. The van der Waals surface area contributed by atoms with Gasteiger partial charge in [-0.2, -0.15) is 0 Å². The highest BCUT2D eigenvalue weighted by atomic mass is 16.5. The summed E-state index contributed by atoms with van der Waals surface area (Å²) in [5, 5.41) is 3.06. The third-order valence-corrected chi connectivity index (χ3v) is 6.66. The maximum atomic E-state index is 13.9. The van der Waals surface area contributed by atoms with Gasteiger partial charge in [0.2, 0.25) is 11.8 Å². The maximum absolute atomic E-state index is 13.9. The van der Waals surface area contributed by atoms with Gasteiger partial charge in [-0.3, -0.25) is 9.59 Å². The van der Waals surface area contributed by atoms with Crippen LogP contribution in [0.5, 0.6) is 17.2 Å². The van der Waals surface area contributed by atoms with E-state index in [4.69, 9.17) is 14.2 Å². The molecule has 2 amide bonds. The van der Waals surface area contributed by atoms with Crippen LogP contribution in [0.3, 0.4) is 0 Å². The summed E-state index contributed by atoms with van der Waals surface area (Å²) in [6, 6.07) is 22.4. The van der Waals surface area contributed by atoms with Gasteiger partial charge < -0.3 is 24.4 Å². The van der Waals surface area contributed by atoms with Gasteiger partial charge in [0.15, 0.2) is 11.5 Å². The van der Waals surface area contributed by atoms with Crippen LogP contribution in [0, 0.1) is 0 Å². The van der Waals surface area contributed by atoms with Crippen molar-refractivity contribution in [2.75, 3.05) is 27.9 Å². The van der Waals surface area contributed by atoms with Gasteiger partial charge in [0.25, 0.3) is 0 Å². The van der Waals surface area contributed by atoms with E-state index in [-0.39, 0.29) is 18.2 Å². The highest BCUT2D eigenvalue weighted by molar-refractivity contribution is 5.88. The fourth-order valence-corrected chi connectivity index (χ4v) is 4.46. The number of hydrogen-bond acceptors (Lipinski definition) is 5. The molecule has 1 unspecified atom stereocenters. The molecule has 0 fully saturated rings. The Hall–Kier alpha value is -4.00. The molecule has 39 heavy (non-hydrogen) atoms. The number of amides is 2. The molecule has 1 atom stereocenters. The summed E-state index contributed by atoms with van der Waals surface area (Å²) in [4.78, 5) is 29.1. The largest absolute Gasteiger partial charge is 0.497 e. The van der Waals surface area contributed by atoms with E-state index in [0.29, 0.717) is 43.2 Å². The number of nitrogens with zero attached hydrogens (tertiary/aromatic N) is 1. The normalized spacial score (nSPS) is 11.4. The lowest BCUT2D eigenvalue weighted by Gasteiger charge is -2.32. The van der Waals surface area contributed by atoms with E-state index in [1.165, 1.54) is 0 Å². The molecule has 0 saturated carbocycles. The third-order valence-electron chi connectivity index (χ3n) is 6.66. The molecule has 0 aliphatic carbocycles. The summed E-state index contributed by atoms with van der Waals surface area (Å²) < 4.78 is 16.2. The van der Waals surface area contributed by atoms with Crippen molar-refractivity contribution in [3.05, 3.63) is 89.5 Å². The van der Waals surface area contributed by atoms with Crippen LogP contribution in [0.25, 0.3) is 0 Å². The number of aryl methyl sites for hydroxylation is 1. The number of hydrogen-bond donors (Lipinski definition) is 1. The van der Waals surface area contributed by atoms with E-state index in [0.717, 1.165) is 29.5 Å². The summed E-state index contributed by atoms with van der Waals surface area (Å²) in [6.07, 6.45) is 3.02. The molecule has 0 radical (unpaired) electrons. The van der Waals surface area contributed by atoms with Crippen LogP contribution in [-0.2, 0) is 29.0 Å². The number of benzene rings is 3. The number of carbonyl (C=O) groups is 2. The first-order chi connectivity index (χ1) is 19.0. The molecular weight excluding hydrogens is 492 g/mol. The first-order valence-corrected chi connectivity index (χ1v) is 13.4. The van der Waals surface area contributed by atoms with Gasteiger partial charge in [0.05, 0.1) is 21.3 Å².